The van der Waals surface area contributed by atoms with Gasteiger partial charge in [0.05, 0.1) is 6.20 Å². The molecule has 4 aliphatic carbocycles. The lowest BCUT2D eigenvalue weighted by atomic mass is 9.54. The summed E-state index contributed by atoms with van der Waals surface area (Å²) in [5.41, 5.74) is 0. The molecule has 1 aromatic heterocycles. The molecule has 5 aliphatic rings. The number of carbonyl (C=O) groups is 1. The van der Waals surface area contributed by atoms with Gasteiger partial charge in [0.1, 0.15) is 16.0 Å². The second-order valence-electron chi connectivity index (χ2n) is 8.40. The molecular formula is C19H26N2O2S. The van der Waals surface area contributed by atoms with Crippen molar-refractivity contribution in [2.75, 3.05) is 13.7 Å². The summed E-state index contributed by atoms with van der Waals surface area (Å²) in [6, 6.07) is 0.457. The van der Waals surface area contributed by atoms with E-state index in [1.54, 1.807) is 17.5 Å². The molecule has 4 nitrogen and oxygen atoms in total. The van der Waals surface area contributed by atoms with Crippen LogP contribution in [0.3, 0.4) is 0 Å². The number of rotatable bonds is 3. The molecule has 6 rings (SSSR count). The van der Waals surface area contributed by atoms with Crippen molar-refractivity contribution < 1.29 is 9.53 Å². The van der Waals surface area contributed by atoms with Crippen molar-refractivity contribution >= 4 is 17.2 Å². The summed E-state index contributed by atoms with van der Waals surface area (Å²) in [4.78, 5) is 20.4. The van der Waals surface area contributed by atoms with Crippen LogP contribution >= 0.6 is 11.3 Å². The number of hydrogen-bond acceptors (Lipinski definition) is 4. The van der Waals surface area contributed by atoms with E-state index in [9.17, 15) is 4.79 Å². The van der Waals surface area contributed by atoms with Crippen LogP contribution in [0.25, 0.3) is 0 Å². The molecule has 4 bridgehead atoms. The van der Waals surface area contributed by atoms with Crippen LogP contribution in [0.1, 0.15) is 65.7 Å². The number of carbonyl (C=O) groups excluding carboxylic acids is 1. The van der Waals surface area contributed by atoms with E-state index in [2.05, 4.69) is 9.88 Å². The van der Waals surface area contributed by atoms with Gasteiger partial charge in [-0.1, -0.05) is 0 Å². The molecule has 2 heterocycles. The zero-order valence-corrected chi connectivity index (χ0v) is 15.1. The Labute approximate surface area is 147 Å². The van der Waals surface area contributed by atoms with Gasteiger partial charge in [0.15, 0.2) is 0 Å². The maximum atomic E-state index is 13.1. The van der Waals surface area contributed by atoms with E-state index in [1.807, 2.05) is 7.05 Å². The first kappa shape index (κ1) is 15.3. The highest BCUT2D eigenvalue weighted by molar-refractivity contribution is 7.13. The van der Waals surface area contributed by atoms with Gasteiger partial charge < -0.3 is 9.64 Å². The van der Waals surface area contributed by atoms with Gasteiger partial charge in [-0.3, -0.25) is 4.79 Å². The molecule has 5 fully saturated rings. The smallest absolute Gasteiger partial charge is 0.265 e. The average molecular weight is 346 g/mol. The van der Waals surface area contributed by atoms with Gasteiger partial charge in [0.2, 0.25) is 0 Å². The minimum Gasteiger partial charge on any atom is -0.371 e. The number of ether oxygens (including phenoxy) is 1. The number of thiazole rings is 1. The first-order valence-corrected chi connectivity index (χ1v) is 10.3. The first-order chi connectivity index (χ1) is 11.7. The van der Waals surface area contributed by atoms with E-state index >= 15 is 0 Å². The Balaban J connectivity index is 1.33. The highest BCUT2D eigenvalue weighted by atomic mass is 32.1. The van der Waals surface area contributed by atoms with Crippen LogP contribution < -0.4 is 0 Å². The maximum absolute atomic E-state index is 13.1. The van der Waals surface area contributed by atoms with Crippen LogP contribution in [0.5, 0.6) is 0 Å². The molecule has 130 valence electrons. The summed E-state index contributed by atoms with van der Waals surface area (Å²) in [7, 11) is 2.03. The zero-order chi connectivity index (χ0) is 16.3. The fraction of sp³-hybridized carbons (Fsp3) is 0.789. The number of hydrogen-bond donors (Lipinski definition) is 0. The third kappa shape index (κ3) is 2.43. The van der Waals surface area contributed by atoms with E-state index in [0.717, 1.165) is 53.0 Å². The van der Waals surface area contributed by atoms with Crippen LogP contribution in [-0.4, -0.2) is 35.5 Å². The van der Waals surface area contributed by atoms with Crippen LogP contribution in [-0.2, 0) is 4.74 Å². The predicted molar refractivity (Wildman–Crippen MR) is 93.0 cm³/mol. The molecule has 0 aromatic carbocycles. The van der Waals surface area contributed by atoms with Crippen LogP contribution in [0.15, 0.2) is 6.20 Å². The van der Waals surface area contributed by atoms with Crippen LogP contribution in [0.2, 0.25) is 0 Å². The van der Waals surface area contributed by atoms with Crippen molar-refractivity contribution in [2.45, 2.75) is 57.1 Å². The molecule has 4 saturated carbocycles. The van der Waals surface area contributed by atoms with E-state index in [4.69, 9.17) is 4.74 Å². The average Bonchev–Trinajstić information content (AvgIpc) is 3.24. The lowest BCUT2D eigenvalue weighted by Gasteiger charge is -2.56. The van der Waals surface area contributed by atoms with Crippen molar-refractivity contribution in [1.82, 2.24) is 9.88 Å². The van der Waals surface area contributed by atoms with Crippen molar-refractivity contribution in [3.63, 3.8) is 0 Å². The Morgan fingerprint density at radius 3 is 2.54 bits per heavy atom. The molecule has 0 N–H and O–H groups in total. The highest BCUT2D eigenvalue weighted by Crippen LogP contribution is 2.55. The van der Waals surface area contributed by atoms with Gasteiger partial charge in [-0.25, -0.2) is 4.98 Å². The Morgan fingerprint density at radius 2 is 1.92 bits per heavy atom. The lowest BCUT2D eigenvalue weighted by Crippen LogP contribution is -2.56. The largest absolute Gasteiger partial charge is 0.371 e. The molecule has 1 amide bonds. The topological polar surface area (TPSA) is 42.4 Å². The van der Waals surface area contributed by atoms with Crippen molar-refractivity contribution in [2.24, 2.45) is 23.7 Å². The summed E-state index contributed by atoms with van der Waals surface area (Å²) in [5, 5.41) is 0.981. The summed E-state index contributed by atoms with van der Waals surface area (Å²) < 4.78 is 5.71. The molecule has 24 heavy (non-hydrogen) atoms. The van der Waals surface area contributed by atoms with E-state index in [0.29, 0.717) is 6.04 Å². The zero-order valence-electron chi connectivity index (χ0n) is 14.3. The minimum atomic E-state index is 0.114. The standard InChI is InChI=1S/C19H26N2O2S/c1-21(17-13-6-11-5-12(8-13)9-14(17)7-11)19(22)16-10-20-18(24-16)15-3-2-4-23-15/h10-15,17H,2-9H2,1H3/t11?,12?,13?,14?,15-,17?/m0/s1. The SMILES string of the molecule is CN(C(=O)c1cnc([C@@H]2CCCO2)s1)C1C2CC3CC(C2)CC1C3. The lowest BCUT2D eigenvalue weighted by molar-refractivity contribution is -0.0489. The van der Waals surface area contributed by atoms with Crippen molar-refractivity contribution in [3.05, 3.63) is 16.1 Å². The van der Waals surface area contributed by atoms with Crippen molar-refractivity contribution in [1.29, 1.82) is 0 Å². The quantitative estimate of drug-likeness (QED) is 0.834. The molecule has 0 spiro atoms. The summed E-state index contributed by atoms with van der Waals surface area (Å²) in [6.07, 6.45) is 10.9. The van der Waals surface area contributed by atoms with Gasteiger partial charge in [-0.2, -0.15) is 0 Å². The third-order valence-corrected chi connectivity index (χ3v) is 7.96. The van der Waals surface area contributed by atoms with Gasteiger partial charge in [0.25, 0.3) is 5.91 Å². The Kier molecular flexibility index (Phi) is 3.71. The fourth-order valence-electron chi connectivity index (χ4n) is 6.15. The van der Waals surface area contributed by atoms with Crippen LogP contribution in [0.4, 0.5) is 0 Å². The molecule has 0 unspecified atom stereocenters. The van der Waals surface area contributed by atoms with E-state index < -0.39 is 0 Å². The predicted octanol–water partition coefficient (Wildman–Crippen LogP) is 3.89. The molecule has 1 aromatic rings. The summed E-state index contributed by atoms with van der Waals surface area (Å²) in [5.74, 6) is 3.54. The molecule has 5 heteroatoms. The summed E-state index contributed by atoms with van der Waals surface area (Å²) in [6.45, 7) is 0.821. The molecule has 1 atom stereocenters. The summed E-state index contributed by atoms with van der Waals surface area (Å²) >= 11 is 1.54. The second-order valence-corrected chi connectivity index (χ2v) is 9.46. The Hall–Kier alpha value is -0.940. The number of aromatic nitrogens is 1. The monoisotopic (exact) mass is 346 g/mol. The molecule has 0 radical (unpaired) electrons. The molecule has 1 saturated heterocycles. The number of nitrogens with zero attached hydrogens (tertiary/aromatic N) is 2. The van der Waals surface area contributed by atoms with Gasteiger partial charge >= 0.3 is 0 Å². The first-order valence-electron chi connectivity index (χ1n) is 9.53. The third-order valence-electron chi connectivity index (χ3n) is 6.88. The fourth-order valence-corrected chi connectivity index (χ4v) is 7.13. The molecule has 1 aliphatic heterocycles. The van der Waals surface area contributed by atoms with E-state index in [-0.39, 0.29) is 12.0 Å². The van der Waals surface area contributed by atoms with Gasteiger partial charge in [-0.15, -0.1) is 11.3 Å². The van der Waals surface area contributed by atoms with Gasteiger partial charge in [0, 0.05) is 19.7 Å². The normalized spacial score (nSPS) is 40.2. The Morgan fingerprint density at radius 1 is 1.21 bits per heavy atom. The Bertz CT molecular complexity index is 609. The highest BCUT2D eigenvalue weighted by Gasteiger charge is 2.50. The van der Waals surface area contributed by atoms with E-state index in [1.165, 1.54) is 32.1 Å². The molecular weight excluding hydrogens is 320 g/mol. The second kappa shape index (κ2) is 5.80. The van der Waals surface area contributed by atoms with Crippen LogP contribution in [0, 0.1) is 23.7 Å². The van der Waals surface area contributed by atoms with Crippen molar-refractivity contribution in [3.8, 4) is 0 Å². The van der Waals surface area contributed by atoms with Gasteiger partial charge in [-0.05, 0) is 68.6 Å². The maximum Gasteiger partial charge on any atom is 0.265 e. The number of amides is 1. The minimum absolute atomic E-state index is 0.114.